The first-order valence-corrected chi connectivity index (χ1v) is 5.95. The minimum Gasteiger partial charge on any atom is -0.480 e. The van der Waals surface area contributed by atoms with Crippen molar-refractivity contribution in [2.75, 3.05) is 7.11 Å². The molecule has 0 aromatic carbocycles. The van der Waals surface area contributed by atoms with Gasteiger partial charge in [-0.25, -0.2) is 4.79 Å². The van der Waals surface area contributed by atoms with E-state index in [2.05, 4.69) is 10.1 Å². The molecule has 0 aliphatic heterocycles. The van der Waals surface area contributed by atoms with Gasteiger partial charge in [0.1, 0.15) is 6.04 Å². The molecular formula is C12H22N2O5. The predicted molar refractivity (Wildman–Crippen MR) is 68.2 cm³/mol. The zero-order valence-corrected chi connectivity index (χ0v) is 11.7. The lowest BCUT2D eigenvalue weighted by atomic mass is 9.87. The molecule has 0 bridgehead atoms. The van der Waals surface area contributed by atoms with Crippen LogP contribution in [0, 0.1) is 5.41 Å². The number of nitrogens with two attached hydrogens (primary N) is 1. The maximum Gasteiger partial charge on any atom is 0.326 e. The number of nitrogens with one attached hydrogen (secondary N) is 1. The van der Waals surface area contributed by atoms with Gasteiger partial charge < -0.3 is 20.9 Å². The Hall–Kier alpha value is -1.63. The van der Waals surface area contributed by atoms with Crippen molar-refractivity contribution in [3.05, 3.63) is 0 Å². The number of hydrogen-bond acceptors (Lipinski definition) is 5. The molecule has 7 nitrogen and oxygen atoms in total. The van der Waals surface area contributed by atoms with Crippen molar-refractivity contribution < 1.29 is 24.2 Å². The van der Waals surface area contributed by atoms with Crippen LogP contribution in [0.25, 0.3) is 0 Å². The van der Waals surface area contributed by atoms with Crippen LogP contribution in [0.15, 0.2) is 0 Å². The number of methoxy groups -OCH3 is 1. The van der Waals surface area contributed by atoms with E-state index in [0.717, 1.165) is 0 Å². The maximum absolute atomic E-state index is 11.8. The lowest BCUT2D eigenvalue weighted by Gasteiger charge is -2.27. The second-order valence-corrected chi connectivity index (χ2v) is 5.36. The largest absolute Gasteiger partial charge is 0.480 e. The zero-order valence-electron chi connectivity index (χ0n) is 11.7. The second-order valence-electron chi connectivity index (χ2n) is 5.36. The fourth-order valence-electron chi connectivity index (χ4n) is 1.28. The van der Waals surface area contributed by atoms with Gasteiger partial charge in [-0.3, -0.25) is 9.59 Å². The standard InChI is InChI=1S/C12H22N2O5/c1-12(2,3)9(13)10(16)14-7(11(17)18)5-6-8(15)19-4/h7,9H,5-6,13H2,1-4H3,(H,14,16)(H,17,18)/t7-,9+/m1/s1. The van der Waals surface area contributed by atoms with Crippen LogP contribution in [-0.2, 0) is 19.1 Å². The summed E-state index contributed by atoms with van der Waals surface area (Å²) in [5, 5.41) is 11.3. The van der Waals surface area contributed by atoms with Crippen molar-refractivity contribution in [1.82, 2.24) is 5.32 Å². The minimum atomic E-state index is -1.21. The summed E-state index contributed by atoms with van der Waals surface area (Å²) in [5.74, 6) is -2.29. The highest BCUT2D eigenvalue weighted by molar-refractivity contribution is 5.87. The van der Waals surface area contributed by atoms with Crippen molar-refractivity contribution >= 4 is 17.8 Å². The smallest absolute Gasteiger partial charge is 0.326 e. The summed E-state index contributed by atoms with van der Waals surface area (Å²) >= 11 is 0. The quantitative estimate of drug-likeness (QED) is 0.581. The number of ether oxygens (including phenoxy) is 1. The molecule has 0 saturated carbocycles. The van der Waals surface area contributed by atoms with E-state index in [9.17, 15) is 14.4 Å². The van der Waals surface area contributed by atoms with E-state index >= 15 is 0 Å². The van der Waals surface area contributed by atoms with E-state index in [1.807, 2.05) is 0 Å². The summed E-state index contributed by atoms with van der Waals surface area (Å²) in [5.41, 5.74) is 5.25. The van der Waals surface area contributed by atoms with Crippen molar-refractivity contribution in [3.8, 4) is 0 Å². The first kappa shape index (κ1) is 17.4. The molecule has 0 radical (unpaired) electrons. The number of amides is 1. The van der Waals surface area contributed by atoms with Crippen LogP contribution in [0.1, 0.15) is 33.6 Å². The minimum absolute atomic E-state index is 0.0371. The van der Waals surface area contributed by atoms with E-state index < -0.39 is 35.3 Å². The van der Waals surface area contributed by atoms with Crippen LogP contribution in [0.4, 0.5) is 0 Å². The number of rotatable bonds is 6. The van der Waals surface area contributed by atoms with Gasteiger partial charge >= 0.3 is 11.9 Å². The monoisotopic (exact) mass is 274 g/mol. The van der Waals surface area contributed by atoms with Gasteiger partial charge in [-0.1, -0.05) is 20.8 Å². The van der Waals surface area contributed by atoms with Crippen LogP contribution in [0.2, 0.25) is 0 Å². The van der Waals surface area contributed by atoms with E-state index in [0.29, 0.717) is 0 Å². The Balaban J connectivity index is 4.55. The Bertz CT molecular complexity index is 349. The summed E-state index contributed by atoms with van der Waals surface area (Å²) < 4.78 is 4.42. The Morgan fingerprint density at radius 1 is 1.32 bits per heavy atom. The van der Waals surface area contributed by atoms with E-state index in [1.54, 1.807) is 20.8 Å². The van der Waals surface area contributed by atoms with Gasteiger partial charge in [-0.2, -0.15) is 0 Å². The Kier molecular flexibility index (Phi) is 6.47. The van der Waals surface area contributed by atoms with Crippen LogP contribution in [0.5, 0.6) is 0 Å². The van der Waals surface area contributed by atoms with Gasteiger partial charge in [0.05, 0.1) is 13.2 Å². The summed E-state index contributed by atoms with van der Waals surface area (Å²) in [6, 6.07) is -1.98. The molecule has 0 saturated heterocycles. The van der Waals surface area contributed by atoms with Gasteiger partial charge in [-0.15, -0.1) is 0 Å². The average molecular weight is 274 g/mol. The highest BCUT2D eigenvalue weighted by atomic mass is 16.5. The van der Waals surface area contributed by atoms with Gasteiger partial charge in [0.2, 0.25) is 5.91 Å². The molecule has 0 fully saturated rings. The summed E-state index contributed by atoms with van der Waals surface area (Å²) in [6.07, 6.45) is -0.122. The molecule has 0 heterocycles. The SMILES string of the molecule is COC(=O)CC[C@@H](NC(=O)[C@H](N)C(C)(C)C)C(=O)O. The Labute approximate surface area is 112 Å². The molecule has 0 aromatic rings. The average Bonchev–Trinajstić information content (AvgIpc) is 2.30. The first-order chi connectivity index (χ1) is 8.59. The van der Waals surface area contributed by atoms with Crippen LogP contribution in [-0.4, -0.2) is 42.1 Å². The first-order valence-electron chi connectivity index (χ1n) is 5.95. The molecule has 7 heteroatoms. The molecule has 0 rings (SSSR count). The number of hydrogen-bond donors (Lipinski definition) is 3. The van der Waals surface area contributed by atoms with Crippen molar-refractivity contribution in [1.29, 1.82) is 0 Å². The third-order valence-electron chi connectivity index (χ3n) is 2.69. The highest BCUT2D eigenvalue weighted by Gasteiger charge is 2.30. The predicted octanol–water partition coefficient (Wildman–Crippen LogP) is -0.118. The number of carboxylic acids is 1. The summed E-state index contributed by atoms with van der Waals surface area (Å²) in [7, 11) is 1.21. The molecule has 2 atom stereocenters. The van der Waals surface area contributed by atoms with Gasteiger partial charge in [-0.05, 0) is 11.8 Å². The lowest BCUT2D eigenvalue weighted by molar-refractivity contribution is -0.144. The van der Waals surface area contributed by atoms with E-state index in [4.69, 9.17) is 10.8 Å². The summed E-state index contributed by atoms with van der Waals surface area (Å²) in [4.78, 5) is 33.8. The molecule has 0 unspecified atom stereocenters. The van der Waals surface area contributed by atoms with Crippen LogP contribution in [0.3, 0.4) is 0 Å². The second kappa shape index (κ2) is 7.08. The summed E-state index contributed by atoms with van der Waals surface area (Å²) in [6.45, 7) is 5.34. The Morgan fingerprint density at radius 2 is 1.84 bits per heavy atom. The highest BCUT2D eigenvalue weighted by Crippen LogP contribution is 2.17. The lowest BCUT2D eigenvalue weighted by Crippen LogP contribution is -2.53. The Morgan fingerprint density at radius 3 is 2.21 bits per heavy atom. The zero-order chi connectivity index (χ0) is 15.2. The van der Waals surface area contributed by atoms with Gasteiger partial charge in [0.25, 0.3) is 0 Å². The van der Waals surface area contributed by atoms with Gasteiger partial charge in [0.15, 0.2) is 0 Å². The normalized spacial score (nSPS) is 14.4. The van der Waals surface area contributed by atoms with Crippen molar-refractivity contribution in [2.24, 2.45) is 11.1 Å². The van der Waals surface area contributed by atoms with E-state index in [-0.39, 0.29) is 12.8 Å². The number of carboxylic acid groups (broad SMARTS) is 1. The molecule has 0 aliphatic carbocycles. The molecular weight excluding hydrogens is 252 g/mol. The molecule has 110 valence electrons. The third-order valence-corrected chi connectivity index (χ3v) is 2.69. The number of esters is 1. The van der Waals surface area contributed by atoms with E-state index in [1.165, 1.54) is 7.11 Å². The molecule has 0 spiro atoms. The number of aliphatic carboxylic acids is 1. The molecule has 1 amide bonds. The fraction of sp³-hybridized carbons (Fsp3) is 0.750. The number of carbonyl (C=O) groups is 3. The molecule has 4 N–H and O–H groups in total. The molecule has 19 heavy (non-hydrogen) atoms. The van der Waals surface area contributed by atoms with Crippen LogP contribution >= 0.6 is 0 Å². The fourth-order valence-corrected chi connectivity index (χ4v) is 1.28. The maximum atomic E-state index is 11.8. The van der Waals surface area contributed by atoms with Crippen molar-refractivity contribution in [3.63, 3.8) is 0 Å². The van der Waals surface area contributed by atoms with Crippen LogP contribution < -0.4 is 11.1 Å². The van der Waals surface area contributed by atoms with Gasteiger partial charge in [0, 0.05) is 6.42 Å². The topological polar surface area (TPSA) is 119 Å². The third kappa shape index (κ3) is 6.19. The molecule has 0 aliphatic rings. The van der Waals surface area contributed by atoms with Crippen molar-refractivity contribution in [2.45, 2.75) is 45.7 Å². The molecule has 0 aromatic heterocycles. The number of carbonyl (C=O) groups excluding carboxylic acids is 2.